The van der Waals surface area contributed by atoms with Crippen molar-refractivity contribution in [1.29, 1.82) is 0 Å². The van der Waals surface area contributed by atoms with Gasteiger partial charge in [0.2, 0.25) is 0 Å². The zero-order chi connectivity index (χ0) is 13.1. The number of morpholine rings is 1. The summed E-state index contributed by atoms with van der Waals surface area (Å²) in [6.07, 6.45) is 1.99. The Hall–Kier alpha value is -1.07. The lowest BCUT2D eigenvalue weighted by Gasteiger charge is -2.24. The molecule has 18 heavy (non-hydrogen) atoms. The summed E-state index contributed by atoms with van der Waals surface area (Å²) in [5.41, 5.74) is 1.32. The van der Waals surface area contributed by atoms with Gasteiger partial charge in [0, 0.05) is 25.8 Å². The predicted molar refractivity (Wildman–Crippen MR) is 75.1 cm³/mol. The van der Waals surface area contributed by atoms with Gasteiger partial charge < -0.3 is 9.64 Å². The molecule has 2 heterocycles. The van der Waals surface area contributed by atoms with E-state index in [4.69, 9.17) is 4.74 Å². The molecule has 1 saturated heterocycles. The van der Waals surface area contributed by atoms with Gasteiger partial charge in [-0.15, -0.1) is 11.3 Å². The van der Waals surface area contributed by atoms with Crippen LogP contribution >= 0.6 is 11.3 Å². The lowest BCUT2D eigenvalue weighted by Crippen LogP contribution is -2.36. The number of aromatic nitrogens is 1. The molecule has 4 nitrogen and oxygen atoms in total. The van der Waals surface area contributed by atoms with Crippen LogP contribution in [0, 0.1) is 0 Å². The van der Waals surface area contributed by atoms with Crippen LogP contribution in [0.5, 0.6) is 0 Å². The fraction of sp³-hybridized carbons (Fsp3) is 0.615. The first-order chi connectivity index (χ1) is 8.63. The Balaban J connectivity index is 2.49. The Kier molecular flexibility index (Phi) is 4.24. The topological polar surface area (TPSA) is 34.5 Å². The van der Waals surface area contributed by atoms with Crippen LogP contribution in [0.15, 0.2) is 4.79 Å². The zero-order valence-corrected chi connectivity index (χ0v) is 12.0. The van der Waals surface area contributed by atoms with Crippen molar-refractivity contribution in [2.24, 2.45) is 0 Å². The molecular formula is C13H20N2O2S. The summed E-state index contributed by atoms with van der Waals surface area (Å²) in [5.74, 6) is 0. The van der Waals surface area contributed by atoms with Crippen LogP contribution in [0.25, 0.3) is 11.8 Å². The molecule has 0 N–H and O–H groups in total. The number of hydrogen-bond donors (Lipinski definition) is 0. The van der Waals surface area contributed by atoms with E-state index < -0.39 is 0 Å². The zero-order valence-electron chi connectivity index (χ0n) is 11.2. The summed E-state index contributed by atoms with van der Waals surface area (Å²) in [7, 11) is 0. The predicted octanol–water partition coefficient (Wildman–Crippen LogP) is 0.190. The molecule has 1 aliphatic rings. The van der Waals surface area contributed by atoms with Gasteiger partial charge in [-0.3, -0.25) is 9.36 Å². The number of nitrogens with zero attached hydrogens (tertiary/aromatic N) is 2. The third kappa shape index (κ3) is 2.67. The van der Waals surface area contributed by atoms with Crippen LogP contribution in [0.4, 0.5) is 0 Å². The molecule has 100 valence electrons. The number of ether oxygens (including phenoxy) is 1. The minimum Gasteiger partial charge on any atom is -0.378 e. The number of hydrogen-bond acceptors (Lipinski definition) is 4. The van der Waals surface area contributed by atoms with Gasteiger partial charge in [0.05, 0.1) is 17.9 Å². The average Bonchev–Trinajstić information content (AvgIpc) is 2.68. The SMILES string of the molecule is CCn1c(=C(C)C)s/c(=C\N2CCOCC2)c1=O. The maximum Gasteiger partial charge on any atom is 0.270 e. The molecule has 0 aliphatic carbocycles. The van der Waals surface area contributed by atoms with Crippen molar-refractivity contribution in [3.8, 4) is 0 Å². The van der Waals surface area contributed by atoms with E-state index in [0.717, 1.165) is 42.0 Å². The summed E-state index contributed by atoms with van der Waals surface area (Å²) >= 11 is 1.59. The largest absolute Gasteiger partial charge is 0.378 e. The molecular weight excluding hydrogens is 248 g/mol. The molecule has 0 aromatic carbocycles. The van der Waals surface area contributed by atoms with Crippen molar-refractivity contribution in [3.63, 3.8) is 0 Å². The van der Waals surface area contributed by atoms with Crippen LogP contribution in [0.1, 0.15) is 20.8 Å². The summed E-state index contributed by atoms with van der Waals surface area (Å²) < 4.78 is 9.08. The monoisotopic (exact) mass is 268 g/mol. The lowest BCUT2D eigenvalue weighted by atomic mass is 10.4. The summed E-state index contributed by atoms with van der Waals surface area (Å²) in [4.78, 5) is 14.4. The highest BCUT2D eigenvalue weighted by atomic mass is 32.1. The normalized spacial score (nSPS) is 17.3. The molecule has 0 atom stereocenters. The molecule has 0 saturated carbocycles. The molecule has 0 spiro atoms. The first kappa shape index (κ1) is 13.4. The first-order valence-corrected chi connectivity index (χ1v) is 7.16. The van der Waals surface area contributed by atoms with E-state index in [1.165, 1.54) is 5.57 Å². The van der Waals surface area contributed by atoms with Crippen molar-refractivity contribution < 1.29 is 4.74 Å². The lowest BCUT2D eigenvalue weighted by molar-refractivity contribution is 0.0663. The van der Waals surface area contributed by atoms with Crippen molar-refractivity contribution >= 4 is 23.1 Å². The molecule has 0 radical (unpaired) electrons. The molecule has 1 fully saturated rings. The van der Waals surface area contributed by atoms with E-state index in [9.17, 15) is 4.79 Å². The Morgan fingerprint density at radius 3 is 2.56 bits per heavy atom. The fourth-order valence-electron chi connectivity index (χ4n) is 2.04. The van der Waals surface area contributed by atoms with Crippen LogP contribution in [-0.4, -0.2) is 35.8 Å². The molecule has 0 unspecified atom stereocenters. The van der Waals surface area contributed by atoms with Gasteiger partial charge in [-0.05, 0) is 26.3 Å². The minimum atomic E-state index is 0.130. The van der Waals surface area contributed by atoms with Crippen LogP contribution in [-0.2, 0) is 11.3 Å². The third-order valence-electron chi connectivity index (χ3n) is 3.00. The second-order valence-electron chi connectivity index (χ2n) is 4.60. The van der Waals surface area contributed by atoms with Gasteiger partial charge in [0.15, 0.2) is 0 Å². The van der Waals surface area contributed by atoms with E-state index in [2.05, 4.69) is 18.7 Å². The molecule has 1 aromatic rings. The van der Waals surface area contributed by atoms with Crippen molar-refractivity contribution in [2.45, 2.75) is 27.3 Å². The Morgan fingerprint density at radius 2 is 2.06 bits per heavy atom. The minimum absolute atomic E-state index is 0.130. The van der Waals surface area contributed by atoms with Gasteiger partial charge in [0.1, 0.15) is 4.53 Å². The van der Waals surface area contributed by atoms with Crippen LogP contribution in [0.2, 0.25) is 0 Å². The maximum atomic E-state index is 12.3. The molecule has 1 aromatic heterocycles. The second kappa shape index (κ2) is 5.71. The van der Waals surface area contributed by atoms with Gasteiger partial charge in [0.25, 0.3) is 5.56 Å². The first-order valence-electron chi connectivity index (χ1n) is 6.34. The Bertz CT molecular complexity index is 575. The Labute approximate surface area is 111 Å². The van der Waals surface area contributed by atoms with E-state index >= 15 is 0 Å². The fourth-order valence-corrected chi connectivity index (χ4v) is 3.18. The highest BCUT2D eigenvalue weighted by Gasteiger charge is 2.08. The summed E-state index contributed by atoms with van der Waals surface area (Å²) in [6, 6.07) is 0. The second-order valence-corrected chi connectivity index (χ2v) is 5.63. The molecule has 5 heteroatoms. The summed E-state index contributed by atoms with van der Waals surface area (Å²) in [5, 5.41) is 0. The van der Waals surface area contributed by atoms with Crippen molar-refractivity contribution in [2.75, 3.05) is 26.3 Å². The van der Waals surface area contributed by atoms with Gasteiger partial charge in [-0.2, -0.15) is 0 Å². The standard InChI is InChI=1S/C13H20N2O2S/c1-4-15-12(16)11(18-13(15)10(2)3)9-14-5-7-17-8-6-14/h9H,4-8H2,1-3H3/b11-9-. The van der Waals surface area contributed by atoms with Gasteiger partial charge >= 0.3 is 0 Å². The molecule has 0 bridgehead atoms. The molecule has 1 aliphatic heterocycles. The summed E-state index contributed by atoms with van der Waals surface area (Å²) in [6.45, 7) is 10.1. The van der Waals surface area contributed by atoms with Gasteiger partial charge in [-0.1, -0.05) is 0 Å². The van der Waals surface area contributed by atoms with Crippen molar-refractivity contribution in [3.05, 3.63) is 19.5 Å². The third-order valence-corrected chi connectivity index (χ3v) is 4.32. The Morgan fingerprint density at radius 1 is 1.39 bits per heavy atom. The highest BCUT2D eigenvalue weighted by molar-refractivity contribution is 7.07. The van der Waals surface area contributed by atoms with Gasteiger partial charge in [-0.25, -0.2) is 0 Å². The maximum absolute atomic E-state index is 12.3. The molecule has 0 amide bonds. The van der Waals surface area contributed by atoms with Crippen LogP contribution < -0.4 is 14.8 Å². The molecule has 2 rings (SSSR count). The van der Waals surface area contributed by atoms with E-state index in [-0.39, 0.29) is 5.56 Å². The van der Waals surface area contributed by atoms with E-state index in [1.54, 1.807) is 11.3 Å². The average molecular weight is 268 g/mol. The highest BCUT2D eigenvalue weighted by Crippen LogP contribution is 1.96. The quantitative estimate of drug-likeness (QED) is 0.768. The van der Waals surface area contributed by atoms with E-state index in [0.29, 0.717) is 0 Å². The smallest absolute Gasteiger partial charge is 0.270 e. The van der Waals surface area contributed by atoms with E-state index in [1.807, 2.05) is 17.7 Å². The van der Waals surface area contributed by atoms with Crippen LogP contribution in [0.3, 0.4) is 0 Å². The van der Waals surface area contributed by atoms with Crippen molar-refractivity contribution in [1.82, 2.24) is 9.47 Å². The number of thiazole rings is 1. The number of rotatable bonds is 2.